The van der Waals surface area contributed by atoms with Gasteiger partial charge in [0.2, 0.25) is 0 Å². The smallest absolute Gasteiger partial charge is 0.184 e. The maximum atomic E-state index is 5.65. The zero-order valence-corrected chi connectivity index (χ0v) is 8.10. The molecule has 0 aromatic carbocycles. The Labute approximate surface area is 81.1 Å². The van der Waals surface area contributed by atoms with Crippen LogP contribution in [0, 0.1) is 0 Å². The van der Waals surface area contributed by atoms with E-state index in [9.17, 15) is 0 Å². The van der Waals surface area contributed by atoms with Gasteiger partial charge >= 0.3 is 0 Å². The highest BCUT2D eigenvalue weighted by atomic mass is 15.4. The highest BCUT2D eigenvalue weighted by molar-refractivity contribution is 5.81. The van der Waals surface area contributed by atoms with Crippen LogP contribution in [-0.2, 0) is 0 Å². The monoisotopic (exact) mass is 192 g/mol. The summed E-state index contributed by atoms with van der Waals surface area (Å²) in [6, 6.07) is 0.309. The number of imidazole rings is 1. The lowest BCUT2D eigenvalue weighted by Crippen LogP contribution is -2.21. The van der Waals surface area contributed by atoms with E-state index in [1.54, 1.807) is 11.0 Å². The van der Waals surface area contributed by atoms with Crippen molar-refractivity contribution >= 4 is 17.0 Å². The first kappa shape index (κ1) is 8.74. The van der Waals surface area contributed by atoms with Gasteiger partial charge in [-0.2, -0.15) is 0 Å². The largest absolute Gasteiger partial charge is 0.382 e. The quantitative estimate of drug-likeness (QED) is 0.718. The molecule has 0 bridgehead atoms. The van der Waals surface area contributed by atoms with Gasteiger partial charge in [-0.1, -0.05) is 0 Å². The molecule has 6 nitrogen and oxygen atoms in total. The third-order valence-corrected chi connectivity index (χ3v) is 1.76. The summed E-state index contributed by atoms with van der Waals surface area (Å²) in [7, 11) is 0. The summed E-state index contributed by atoms with van der Waals surface area (Å²) in [5.74, 6) is 0.402. The minimum atomic E-state index is 0.309. The normalized spacial score (nSPS) is 11.1. The van der Waals surface area contributed by atoms with E-state index in [4.69, 9.17) is 5.73 Å². The fraction of sp³-hybridized carbons (Fsp3) is 0.375. The van der Waals surface area contributed by atoms with Gasteiger partial charge < -0.3 is 11.2 Å². The number of rotatable bonds is 2. The predicted octanol–water partition coefficient (Wildman–Crippen LogP) is 0.360. The second-order valence-electron chi connectivity index (χ2n) is 3.33. The van der Waals surface area contributed by atoms with Crippen molar-refractivity contribution < 1.29 is 0 Å². The van der Waals surface area contributed by atoms with Gasteiger partial charge in [0.05, 0.1) is 0 Å². The molecule has 2 aromatic rings. The number of anilines is 1. The standard InChI is InChI=1S/C8H12N6/c1-5(2)13-14-4-12-6-7(9)10-3-11-8(6)14/h3-5,13H,1-2H3,(H2,9,10,11). The molecule has 0 amide bonds. The Morgan fingerprint density at radius 2 is 2.14 bits per heavy atom. The van der Waals surface area contributed by atoms with E-state index in [0.29, 0.717) is 23.0 Å². The maximum Gasteiger partial charge on any atom is 0.184 e. The average molecular weight is 192 g/mol. The van der Waals surface area contributed by atoms with Crippen molar-refractivity contribution in [3.63, 3.8) is 0 Å². The van der Waals surface area contributed by atoms with Crippen LogP contribution < -0.4 is 11.2 Å². The van der Waals surface area contributed by atoms with Crippen molar-refractivity contribution in [1.82, 2.24) is 19.6 Å². The second kappa shape index (κ2) is 3.13. The van der Waals surface area contributed by atoms with Gasteiger partial charge in [-0.25, -0.2) is 19.6 Å². The van der Waals surface area contributed by atoms with E-state index in [1.165, 1.54) is 6.33 Å². The molecule has 0 aliphatic heterocycles. The van der Waals surface area contributed by atoms with Crippen LogP contribution in [0.4, 0.5) is 5.82 Å². The van der Waals surface area contributed by atoms with Crippen LogP contribution in [0.5, 0.6) is 0 Å². The molecular weight excluding hydrogens is 180 g/mol. The average Bonchev–Trinajstić information content (AvgIpc) is 2.49. The third kappa shape index (κ3) is 1.34. The fourth-order valence-corrected chi connectivity index (χ4v) is 1.23. The van der Waals surface area contributed by atoms with Crippen LogP contribution in [0.3, 0.4) is 0 Å². The van der Waals surface area contributed by atoms with Crippen molar-refractivity contribution in [3.05, 3.63) is 12.7 Å². The molecule has 3 N–H and O–H groups in total. The van der Waals surface area contributed by atoms with E-state index < -0.39 is 0 Å². The summed E-state index contributed by atoms with van der Waals surface area (Å²) >= 11 is 0. The van der Waals surface area contributed by atoms with E-state index in [2.05, 4.69) is 20.4 Å². The maximum absolute atomic E-state index is 5.65. The Balaban J connectivity index is 2.52. The van der Waals surface area contributed by atoms with E-state index in [1.807, 2.05) is 13.8 Å². The minimum Gasteiger partial charge on any atom is -0.382 e. The Morgan fingerprint density at radius 1 is 1.36 bits per heavy atom. The number of nitrogens with two attached hydrogens (primary N) is 1. The van der Waals surface area contributed by atoms with Crippen molar-refractivity contribution in [2.45, 2.75) is 19.9 Å². The van der Waals surface area contributed by atoms with Crippen LogP contribution in [-0.4, -0.2) is 25.7 Å². The minimum absolute atomic E-state index is 0.309. The zero-order chi connectivity index (χ0) is 10.1. The fourth-order valence-electron chi connectivity index (χ4n) is 1.23. The van der Waals surface area contributed by atoms with Gasteiger partial charge in [-0.05, 0) is 13.8 Å². The lowest BCUT2D eigenvalue weighted by Gasteiger charge is -2.10. The number of fused-ring (bicyclic) bond motifs is 1. The highest BCUT2D eigenvalue weighted by Gasteiger charge is 2.07. The van der Waals surface area contributed by atoms with Gasteiger partial charge in [-0.15, -0.1) is 0 Å². The molecule has 0 aliphatic rings. The second-order valence-corrected chi connectivity index (χ2v) is 3.33. The number of hydrogen-bond donors (Lipinski definition) is 2. The molecule has 0 saturated heterocycles. The van der Waals surface area contributed by atoms with Crippen molar-refractivity contribution in [1.29, 1.82) is 0 Å². The zero-order valence-electron chi connectivity index (χ0n) is 8.10. The SMILES string of the molecule is CC(C)Nn1cnc2c(N)ncnc21. The third-order valence-electron chi connectivity index (χ3n) is 1.76. The Kier molecular flexibility index (Phi) is 1.95. The predicted molar refractivity (Wildman–Crippen MR) is 54.2 cm³/mol. The van der Waals surface area contributed by atoms with Crippen molar-refractivity contribution in [2.24, 2.45) is 0 Å². The molecule has 74 valence electrons. The molecular formula is C8H12N6. The summed E-state index contributed by atoms with van der Waals surface area (Å²) in [5.41, 5.74) is 10.1. The van der Waals surface area contributed by atoms with E-state index in [0.717, 1.165) is 0 Å². The summed E-state index contributed by atoms with van der Waals surface area (Å²) in [6.07, 6.45) is 3.08. The van der Waals surface area contributed by atoms with E-state index >= 15 is 0 Å². The Hall–Kier alpha value is -1.85. The van der Waals surface area contributed by atoms with Crippen LogP contribution >= 0.6 is 0 Å². The van der Waals surface area contributed by atoms with Gasteiger partial charge in [0, 0.05) is 6.04 Å². The van der Waals surface area contributed by atoms with Gasteiger partial charge in [0.15, 0.2) is 17.0 Å². The summed E-state index contributed by atoms with van der Waals surface area (Å²) in [5, 5.41) is 0. The van der Waals surface area contributed by atoms with Gasteiger partial charge in [0.25, 0.3) is 0 Å². The first-order valence-electron chi connectivity index (χ1n) is 4.38. The number of hydrogen-bond acceptors (Lipinski definition) is 5. The molecule has 0 aliphatic carbocycles. The molecule has 0 radical (unpaired) electrons. The summed E-state index contributed by atoms with van der Waals surface area (Å²) in [4.78, 5) is 12.1. The summed E-state index contributed by atoms with van der Waals surface area (Å²) in [6.45, 7) is 4.08. The lowest BCUT2D eigenvalue weighted by molar-refractivity contribution is 0.745. The van der Waals surface area contributed by atoms with Gasteiger partial charge in [-0.3, -0.25) is 0 Å². The van der Waals surface area contributed by atoms with E-state index in [-0.39, 0.29) is 0 Å². The number of nitrogens with zero attached hydrogens (tertiary/aromatic N) is 4. The number of nitrogen functional groups attached to an aromatic ring is 1. The molecule has 0 unspecified atom stereocenters. The lowest BCUT2D eigenvalue weighted by atomic mass is 10.4. The molecule has 0 saturated carbocycles. The summed E-state index contributed by atoms with van der Waals surface area (Å²) < 4.78 is 1.75. The molecule has 2 rings (SSSR count). The molecule has 0 fully saturated rings. The van der Waals surface area contributed by atoms with Crippen LogP contribution in [0.2, 0.25) is 0 Å². The highest BCUT2D eigenvalue weighted by Crippen LogP contribution is 2.12. The van der Waals surface area contributed by atoms with Crippen LogP contribution in [0.1, 0.15) is 13.8 Å². The molecule has 2 heterocycles. The van der Waals surface area contributed by atoms with Crippen molar-refractivity contribution in [3.8, 4) is 0 Å². The Bertz CT molecular complexity index is 446. The van der Waals surface area contributed by atoms with Crippen LogP contribution in [0.25, 0.3) is 11.2 Å². The van der Waals surface area contributed by atoms with Crippen LogP contribution in [0.15, 0.2) is 12.7 Å². The molecule has 2 aromatic heterocycles. The topological polar surface area (TPSA) is 81.7 Å². The molecule has 0 atom stereocenters. The first-order valence-corrected chi connectivity index (χ1v) is 4.38. The molecule has 14 heavy (non-hydrogen) atoms. The number of nitrogens with one attached hydrogen (secondary N) is 1. The van der Waals surface area contributed by atoms with Gasteiger partial charge in [0.1, 0.15) is 12.7 Å². The molecule has 0 spiro atoms. The Morgan fingerprint density at radius 3 is 2.86 bits per heavy atom. The van der Waals surface area contributed by atoms with Crippen molar-refractivity contribution in [2.75, 3.05) is 11.2 Å². The number of aromatic nitrogens is 4. The first-order chi connectivity index (χ1) is 6.68. The molecule has 6 heteroatoms.